The number of ketones is 1. The highest BCUT2D eigenvalue weighted by molar-refractivity contribution is 5.94. The molecule has 0 unspecified atom stereocenters. The summed E-state index contributed by atoms with van der Waals surface area (Å²) < 4.78 is 11.1. The van der Waals surface area contributed by atoms with Gasteiger partial charge in [0.05, 0.1) is 0 Å². The molecule has 5 heteroatoms. The molecule has 1 amide bonds. The molecule has 1 aromatic carbocycles. The molecule has 0 saturated carbocycles. The van der Waals surface area contributed by atoms with Gasteiger partial charge in [0.25, 0.3) is 5.91 Å². The zero-order valence-electron chi connectivity index (χ0n) is 13.4. The molecule has 0 aliphatic carbocycles. The number of carbonyl (C=O) groups excluding carboxylic acids is 2. The van der Waals surface area contributed by atoms with Gasteiger partial charge in [-0.05, 0) is 49.7 Å². The Hall–Kier alpha value is -2.56. The largest absolute Gasteiger partial charge is 0.486 e. The molecule has 2 rings (SSSR count). The number of carbonyl (C=O) groups is 2. The molecular weight excluding hydrogens is 294 g/mol. The van der Waals surface area contributed by atoms with Crippen molar-refractivity contribution >= 4 is 11.7 Å². The molecule has 0 radical (unpaired) electrons. The number of amides is 1. The third-order valence-electron chi connectivity index (χ3n) is 3.34. The SMILES string of the molecule is CCCCNC(=O)c1ccc(COc2ccc(C(C)=O)cc2)o1. The summed E-state index contributed by atoms with van der Waals surface area (Å²) in [5.74, 6) is 1.30. The minimum atomic E-state index is -0.212. The van der Waals surface area contributed by atoms with Crippen LogP contribution in [0, 0.1) is 0 Å². The van der Waals surface area contributed by atoms with Crippen LogP contribution >= 0.6 is 0 Å². The molecule has 0 saturated heterocycles. The number of unbranched alkanes of at least 4 members (excludes halogenated alkanes) is 1. The van der Waals surface area contributed by atoms with Crippen LogP contribution in [0.15, 0.2) is 40.8 Å². The van der Waals surface area contributed by atoms with Gasteiger partial charge in [-0.2, -0.15) is 0 Å². The van der Waals surface area contributed by atoms with E-state index in [9.17, 15) is 9.59 Å². The second kappa shape index (κ2) is 8.17. The van der Waals surface area contributed by atoms with Crippen molar-refractivity contribution in [2.24, 2.45) is 0 Å². The fourth-order valence-corrected chi connectivity index (χ4v) is 1.98. The second-order valence-electron chi connectivity index (χ2n) is 5.24. The van der Waals surface area contributed by atoms with E-state index in [4.69, 9.17) is 9.15 Å². The topological polar surface area (TPSA) is 68.5 Å². The first-order valence-electron chi connectivity index (χ1n) is 7.71. The molecule has 23 heavy (non-hydrogen) atoms. The number of rotatable bonds is 8. The Morgan fingerprint density at radius 3 is 2.52 bits per heavy atom. The number of furan rings is 1. The first kappa shape index (κ1) is 16.8. The molecular formula is C18H21NO4. The van der Waals surface area contributed by atoms with Crippen LogP contribution in [-0.4, -0.2) is 18.2 Å². The third-order valence-corrected chi connectivity index (χ3v) is 3.34. The summed E-state index contributed by atoms with van der Waals surface area (Å²) in [7, 11) is 0. The van der Waals surface area contributed by atoms with E-state index in [1.54, 1.807) is 36.4 Å². The summed E-state index contributed by atoms with van der Waals surface area (Å²) in [5.41, 5.74) is 0.640. The van der Waals surface area contributed by atoms with Gasteiger partial charge in [-0.25, -0.2) is 0 Å². The molecule has 0 aliphatic rings. The summed E-state index contributed by atoms with van der Waals surface area (Å²) in [5, 5.41) is 2.80. The molecule has 2 aromatic rings. The lowest BCUT2D eigenvalue weighted by molar-refractivity contribution is 0.0921. The quantitative estimate of drug-likeness (QED) is 0.597. The molecule has 0 aliphatic heterocycles. The summed E-state index contributed by atoms with van der Waals surface area (Å²) in [4.78, 5) is 23.0. The Labute approximate surface area is 135 Å². The van der Waals surface area contributed by atoms with Gasteiger partial charge < -0.3 is 14.5 Å². The molecule has 1 N–H and O–H groups in total. The van der Waals surface area contributed by atoms with E-state index in [0.29, 0.717) is 23.6 Å². The van der Waals surface area contributed by atoms with Crippen molar-refractivity contribution in [2.45, 2.75) is 33.3 Å². The summed E-state index contributed by atoms with van der Waals surface area (Å²) in [6, 6.07) is 10.3. The van der Waals surface area contributed by atoms with Crippen LogP contribution < -0.4 is 10.1 Å². The summed E-state index contributed by atoms with van der Waals surface area (Å²) in [6.45, 7) is 4.45. The summed E-state index contributed by atoms with van der Waals surface area (Å²) >= 11 is 0. The monoisotopic (exact) mass is 315 g/mol. The first-order chi connectivity index (χ1) is 11.1. The van der Waals surface area contributed by atoms with E-state index >= 15 is 0 Å². The van der Waals surface area contributed by atoms with Crippen LogP contribution in [-0.2, 0) is 6.61 Å². The van der Waals surface area contributed by atoms with Crippen molar-refractivity contribution in [1.29, 1.82) is 0 Å². The second-order valence-corrected chi connectivity index (χ2v) is 5.24. The van der Waals surface area contributed by atoms with E-state index < -0.39 is 0 Å². The van der Waals surface area contributed by atoms with Gasteiger partial charge in [-0.3, -0.25) is 9.59 Å². The van der Waals surface area contributed by atoms with Crippen LogP contribution in [0.1, 0.15) is 53.4 Å². The average molecular weight is 315 g/mol. The van der Waals surface area contributed by atoms with Crippen LogP contribution in [0.4, 0.5) is 0 Å². The highest BCUT2D eigenvalue weighted by Crippen LogP contribution is 2.16. The number of hydrogen-bond acceptors (Lipinski definition) is 4. The fourth-order valence-electron chi connectivity index (χ4n) is 1.98. The lowest BCUT2D eigenvalue weighted by Crippen LogP contribution is -2.23. The smallest absolute Gasteiger partial charge is 0.286 e. The third kappa shape index (κ3) is 4.98. The predicted octanol–water partition coefficient (Wildman–Crippen LogP) is 3.59. The van der Waals surface area contributed by atoms with Crippen molar-refractivity contribution < 1.29 is 18.7 Å². The number of nitrogens with one attached hydrogen (secondary N) is 1. The maximum Gasteiger partial charge on any atom is 0.286 e. The van der Waals surface area contributed by atoms with Crippen LogP contribution in [0.3, 0.4) is 0 Å². The Kier molecular flexibility index (Phi) is 5.97. The standard InChI is InChI=1S/C18H21NO4/c1-3-4-11-19-18(21)17-10-9-16(23-17)12-22-15-7-5-14(6-8-15)13(2)20/h5-10H,3-4,11-12H2,1-2H3,(H,19,21). The van der Waals surface area contributed by atoms with Gasteiger partial charge in [-0.1, -0.05) is 13.3 Å². The van der Waals surface area contributed by atoms with Crippen molar-refractivity contribution in [1.82, 2.24) is 5.32 Å². The molecule has 0 spiro atoms. The highest BCUT2D eigenvalue weighted by atomic mass is 16.5. The van der Waals surface area contributed by atoms with Crippen LogP contribution in [0.25, 0.3) is 0 Å². The zero-order valence-corrected chi connectivity index (χ0v) is 13.4. The van der Waals surface area contributed by atoms with Gasteiger partial charge in [-0.15, -0.1) is 0 Å². The molecule has 0 fully saturated rings. The highest BCUT2D eigenvalue weighted by Gasteiger charge is 2.11. The summed E-state index contributed by atoms with van der Waals surface area (Å²) in [6.07, 6.45) is 1.97. The minimum absolute atomic E-state index is 0.0151. The minimum Gasteiger partial charge on any atom is -0.486 e. The number of Topliss-reactive ketones (excluding diaryl/α,β-unsaturated/α-hetero) is 1. The van der Waals surface area contributed by atoms with E-state index in [-0.39, 0.29) is 24.1 Å². The van der Waals surface area contributed by atoms with E-state index in [1.807, 2.05) is 0 Å². The zero-order chi connectivity index (χ0) is 16.7. The molecule has 0 atom stereocenters. The maximum absolute atomic E-state index is 11.8. The van der Waals surface area contributed by atoms with Crippen molar-refractivity contribution in [2.75, 3.05) is 6.54 Å². The first-order valence-corrected chi connectivity index (χ1v) is 7.71. The Bertz CT molecular complexity index is 658. The van der Waals surface area contributed by atoms with Gasteiger partial charge >= 0.3 is 0 Å². The van der Waals surface area contributed by atoms with E-state index in [1.165, 1.54) is 6.92 Å². The Morgan fingerprint density at radius 2 is 1.87 bits per heavy atom. The van der Waals surface area contributed by atoms with E-state index in [0.717, 1.165) is 12.8 Å². The van der Waals surface area contributed by atoms with Crippen molar-refractivity contribution in [3.63, 3.8) is 0 Å². The lowest BCUT2D eigenvalue weighted by Gasteiger charge is -2.05. The van der Waals surface area contributed by atoms with Crippen LogP contribution in [0.2, 0.25) is 0 Å². The normalized spacial score (nSPS) is 10.3. The number of benzene rings is 1. The molecule has 1 aromatic heterocycles. The molecule has 1 heterocycles. The number of hydrogen-bond donors (Lipinski definition) is 1. The average Bonchev–Trinajstić information content (AvgIpc) is 3.02. The van der Waals surface area contributed by atoms with Gasteiger partial charge in [0.15, 0.2) is 11.5 Å². The van der Waals surface area contributed by atoms with Crippen molar-refractivity contribution in [3.05, 3.63) is 53.5 Å². The van der Waals surface area contributed by atoms with Crippen molar-refractivity contribution in [3.8, 4) is 5.75 Å². The Morgan fingerprint density at radius 1 is 1.13 bits per heavy atom. The van der Waals surface area contributed by atoms with Crippen LogP contribution in [0.5, 0.6) is 5.75 Å². The van der Waals surface area contributed by atoms with Gasteiger partial charge in [0.1, 0.15) is 18.1 Å². The van der Waals surface area contributed by atoms with E-state index in [2.05, 4.69) is 12.2 Å². The predicted molar refractivity (Wildman–Crippen MR) is 86.7 cm³/mol. The lowest BCUT2D eigenvalue weighted by atomic mass is 10.1. The maximum atomic E-state index is 11.8. The molecule has 0 bridgehead atoms. The number of ether oxygens (including phenoxy) is 1. The molecule has 5 nitrogen and oxygen atoms in total. The van der Waals surface area contributed by atoms with Gasteiger partial charge in [0, 0.05) is 12.1 Å². The Balaban J connectivity index is 1.86. The van der Waals surface area contributed by atoms with Gasteiger partial charge in [0.2, 0.25) is 0 Å². The fraction of sp³-hybridized carbons (Fsp3) is 0.333. The molecule has 122 valence electrons.